The molecule has 1 N–H and O–H groups in total. The van der Waals surface area contributed by atoms with E-state index < -0.39 is 24.3 Å². The molecule has 0 aromatic heterocycles. The van der Waals surface area contributed by atoms with Crippen LogP contribution in [0.15, 0.2) is 28.1 Å². The van der Waals surface area contributed by atoms with Gasteiger partial charge in [0.05, 0.1) is 30.5 Å². The summed E-state index contributed by atoms with van der Waals surface area (Å²) >= 11 is 3.44. The summed E-state index contributed by atoms with van der Waals surface area (Å²) in [4.78, 5) is 11.6. The average Bonchev–Trinajstić information content (AvgIpc) is 2.73. The van der Waals surface area contributed by atoms with Gasteiger partial charge in [0, 0.05) is 4.47 Å². The highest BCUT2D eigenvalue weighted by molar-refractivity contribution is 9.10. The van der Waals surface area contributed by atoms with Gasteiger partial charge in [-0.15, -0.1) is 0 Å². The molecule has 0 bridgehead atoms. The Morgan fingerprint density at radius 3 is 2.33 bits per heavy atom. The van der Waals surface area contributed by atoms with Crippen molar-refractivity contribution in [2.24, 2.45) is 0 Å². The van der Waals surface area contributed by atoms with Crippen LogP contribution in [0.1, 0.15) is 43.6 Å². The first-order valence-corrected chi connectivity index (χ1v) is 8.45. The molecular formula is C17H22BBrO5. The zero-order valence-electron chi connectivity index (χ0n) is 14.6. The number of benzene rings is 1. The third-order valence-electron chi connectivity index (χ3n) is 4.50. The maximum absolute atomic E-state index is 11.6. The van der Waals surface area contributed by atoms with Crippen molar-refractivity contribution in [1.82, 2.24) is 0 Å². The van der Waals surface area contributed by atoms with Crippen LogP contribution in [0.2, 0.25) is 0 Å². The van der Waals surface area contributed by atoms with E-state index >= 15 is 0 Å². The van der Waals surface area contributed by atoms with Crippen LogP contribution in [0, 0.1) is 0 Å². The van der Waals surface area contributed by atoms with Crippen LogP contribution in [0.5, 0.6) is 0 Å². The van der Waals surface area contributed by atoms with Crippen molar-refractivity contribution in [2.75, 3.05) is 13.7 Å². The molecule has 24 heavy (non-hydrogen) atoms. The Balaban J connectivity index is 2.30. The second kappa shape index (κ2) is 7.00. The Morgan fingerprint density at radius 2 is 1.88 bits per heavy atom. The minimum atomic E-state index is -0.618. The lowest BCUT2D eigenvalue weighted by molar-refractivity contribution is 0.00578. The molecule has 2 rings (SSSR count). The quantitative estimate of drug-likeness (QED) is 0.625. The summed E-state index contributed by atoms with van der Waals surface area (Å²) in [6.45, 7) is 7.65. The Bertz CT molecular complexity index is 653. The number of aliphatic hydroxyl groups excluding tert-OH is 1. The minimum absolute atomic E-state index is 0.192. The Kier molecular flexibility index (Phi) is 5.59. The molecule has 1 aromatic carbocycles. The zero-order valence-corrected chi connectivity index (χ0v) is 16.1. The van der Waals surface area contributed by atoms with Gasteiger partial charge in [-0.3, -0.25) is 0 Å². The van der Waals surface area contributed by atoms with Gasteiger partial charge in [-0.05, 0) is 50.9 Å². The number of carbonyl (C=O) groups is 1. The fourth-order valence-corrected chi connectivity index (χ4v) is 2.76. The Hall–Kier alpha value is -1.15. The summed E-state index contributed by atoms with van der Waals surface area (Å²) in [5.41, 5.74) is 0.916. The minimum Gasteiger partial charge on any atom is -0.465 e. The van der Waals surface area contributed by atoms with Gasteiger partial charge in [-0.2, -0.15) is 0 Å². The van der Waals surface area contributed by atoms with Crippen LogP contribution in [-0.4, -0.2) is 43.1 Å². The number of esters is 1. The van der Waals surface area contributed by atoms with Gasteiger partial charge in [0.15, 0.2) is 0 Å². The van der Waals surface area contributed by atoms with Gasteiger partial charge in [0.2, 0.25) is 0 Å². The van der Waals surface area contributed by atoms with Crippen molar-refractivity contribution in [3.63, 3.8) is 0 Å². The summed E-state index contributed by atoms with van der Waals surface area (Å²) in [6, 6.07) is 5.12. The normalized spacial score (nSPS) is 19.5. The fourth-order valence-electron chi connectivity index (χ4n) is 2.27. The number of carbonyl (C=O) groups excluding carboxylic acids is 1. The van der Waals surface area contributed by atoms with E-state index in [1.165, 1.54) is 7.11 Å². The van der Waals surface area contributed by atoms with Crippen molar-refractivity contribution in [3.8, 4) is 0 Å². The maximum atomic E-state index is 11.6. The van der Waals surface area contributed by atoms with E-state index in [0.717, 1.165) is 5.56 Å². The number of methoxy groups -OCH3 is 1. The van der Waals surface area contributed by atoms with Crippen LogP contribution in [0.25, 0.3) is 6.08 Å². The van der Waals surface area contributed by atoms with E-state index in [9.17, 15) is 9.90 Å². The lowest BCUT2D eigenvalue weighted by Gasteiger charge is -2.32. The highest BCUT2D eigenvalue weighted by Gasteiger charge is 2.52. The second-order valence-corrected chi connectivity index (χ2v) is 7.55. The van der Waals surface area contributed by atoms with E-state index in [1.54, 1.807) is 24.3 Å². The van der Waals surface area contributed by atoms with Gasteiger partial charge in [0.1, 0.15) is 0 Å². The second-order valence-electron chi connectivity index (χ2n) is 6.69. The molecular weight excluding hydrogens is 375 g/mol. The fraction of sp³-hybridized carbons (Fsp3) is 0.471. The van der Waals surface area contributed by atoms with Crippen molar-refractivity contribution in [3.05, 3.63) is 39.3 Å². The van der Waals surface area contributed by atoms with E-state index in [0.29, 0.717) is 15.5 Å². The number of hydrogen-bond donors (Lipinski definition) is 1. The van der Waals surface area contributed by atoms with Gasteiger partial charge in [0.25, 0.3) is 0 Å². The van der Waals surface area contributed by atoms with Gasteiger partial charge < -0.3 is 19.2 Å². The molecule has 1 fully saturated rings. The van der Waals surface area contributed by atoms with E-state index in [1.807, 2.05) is 27.7 Å². The molecule has 130 valence electrons. The highest BCUT2D eigenvalue weighted by atomic mass is 79.9. The largest absolute Gasteiger partial charge is 0.492 e. The number of aliphatic hydroxyl groups is 1. The molecule has 0 saturated carbocycles. The van der Waals surface area contributed by atoms with E-state index in [4.69, 9.17) is 14.0 Å². The van der Waals surface area contributed by atoms with Crippen LogP contribution >= 0.6 is 15.9 Å². The molecule has 1 heterocycles. The molecule has 0 atom stereocenters. The van der Waals surface area contributed by atoms with Crippen LogP contribution in [0.4, 0.5) is 0 Å². The molecule has 0 unspecified atom stereocenters. The molecule has 0 amide bonds. The molecule has 0 radical (unpaired) electrons. The topological polar surface area (TPSA) is 65.0 Å². The molecule has 0 aliphatic carbocycles. The van der Waals surface area contributed by atoms with Crippen LogP contribution in [0.3, 0.4) is 0 Å². The van der Waals surface area contributed by atoms with Gasteiger partial charge >= 0.3 is 13.1 Å². The van der Waals surface area contributed by atoms with Crippen LogP contribution < -0.4 is 0 Å². The number of ether oxygens (including phenoxy) is 1. The summed E-state index contributed by atoms with van der Waals surface area (Å²) in [6.07, 6.45) is 1.80. The third-order valence-corrected chi connectivity index (χ3v) is 5.19. The predicted octanol–water partition coefficient (Wildman–Crippen LogP) is 3.24. The SMILES string of the molecule is COC(=O)c1ccc(C=C(CO)B2OC(C)(C)C(C)(C)O2)c(Br)c1. The molecule has 1 aromatic rings. The molecule has 1 aliphatic heterocycles. The molecule has 5 nitrogen and oxygen atoms in total. The summed E-state index contributed by atoms with van der Waals surface area (Å²) < 4.78 is 17.4. The molecule has 1 aliphatic rings. The molecule has 0 spiro atoms. The average molecular weight is 397 g/mol. The zero-order chi connectivity index (χ0) is 18.1. The van der Waals surface area contributed by atoms with Crippen molar-refractivity contribution < 1.29 is 23.9 Å². The van der Waals surface area contributed by atoms with Crippen LogP contribution in [-0.2, 0) is 14.0 Å². The Labute approximate surface area is 151 Å². The molecule has 7 heteroatoms. The van der Waals surface area contributed by atoms with Gasteiger partial charge in [-0.1, -0.05) is 28.1 Å². The van der Waals surface area contributed by atoms with E-state index in [2.05, 4.69) is 15.9 Å². The first-order chi connectivity index (χ1) is 11.1. The number of hydrogen-bond acceptors (Lipinski definition) is 5. The lowest BCUT2D eigenvalue weighted by Crippen LogP contribution is -2.41. The highest BCUT2D eigenvalue weighted by Crippen LogP contribution is 2.39. The summed E-state index contributed by atoms with van der Waals surface area (Å²) in [7, 11) is 0.721. The smallest absolute Gasteiger partial charge is 0.465 e. The number of rotatable bonds is 4. The maximum Gasteiger partial charge on any atom is 0.492 e. The van der Waals surface area contributed by atoms with Crippen molar-refractivity contribution in [1.29, 1.82) is 0 Å². The predicted molar refractivity (Wildman–Crippen MR) is 96.6 cm³/mol. The first kappa shape index (κ1) is 19.2. The summed E-state index contributed by atoms with van der Waals surface area (Å²) in [5, 5.41) is 9.74. The first-order valence-electron chi connectivity index (χ1n) is 7.66. The van der Waals surface area contributed by atoms with Gasteiger partial charge in [-0.25, -0.2) is 4.79 Å². The third kappa shape index (κ3) is 3.74. The standard InChI is InChI=1S/C17H22BBrO5/c1-16(2)17(3,4)24-18(23-16)13(10-20)8-11-6-7-12(9-14(11)19)15(21)22-5/h6-9,20H,10H2,1-5H3. The van der Waals surface area contributed by atoms with Crippen molar-refractivity contribution >= 4 is 35.1 Å². The molecule has 1 saturated heterocycles. The van der Waals surface area contributed by atoms with Crippen molar-refractivity contribution in [2.45, 2.75) is 38.9 Å². The monoisotopic (exact) mass is 396 g/mol. The van der Waals surface area contributed by atoms with E-state index in [-0.39, 0.29) is 6.61 Å². The number of halogens is 1. The summed E-state index contributed by atoms with van der Waals surface area (Å²) in [5.74, 6) is -0.403. The lowest BCUT2D eigenvalue weighted by atomic mass is 9.77. The Morgan fingerprint density at radius 1 is 1.29 bits per heavy atom.